The number of ether oxygens (including phenoxy) is 1. The van der Waals surface area contributed by atoms with Crippen molar-refractivity contribution in [3.63, 3.8) is 0 Å². The van der Waals surface area contributed by atoms with Crippen LogP contribution in [0.4, 0.5) is 0 Å². The summed E-state index contributed by atoms with van der Waals surface area (Å²) in [5.74, 6) is 0. The van der Waals surface area contributed by atoms with Gasteiger partial charge in [-0.3, -0.25) is 4.90 Å². The predicted octanol–water partition coefficient (Wildman–Crippen LogP) is 2.06. The first kappa shape index (κ1) is 14.5. The lowest BCUT2D eigenvalue weighted by atomic mass is 10.0. The summed E-state index contributed by atoms with van der Waals surface area (Å²) in [7, 11) is 3.84. The Morgan fingerprint density at radius 2 is 1.89 bits per heavy atom. The zero-order valence-corrected chi connectivity index (χ0v) is 12.2. The maximum absolute atomic E-state index is 5.43. The second-order valence-electron chi connectivity index (χ2n) is 5.33. The van der Waals surface area contributed by atoms with Crippen LogP contribution in [-0.4, -0.2) is 44.8 Å². The van der Waals surface area contributed by atoms with Crippen LogP contribution in [0.15, 0.2) is 24.3 Å². The summed E-state index contributed by atoms with van der Waals surface area (Å²) >= 11 is 0. The van der Waals surface area contributed by atoms with Gasteiger partial charge in [0, 0.05) is 26.7 Å². The lowest BCUT2D eigenvalue weighted by Crippen LogP contribution is -2.36. The molecule has 0 radical (unpaired) electrons. The van der Waals surface area contributed by atoms with E-state index in [-0.39, 0.29) is 0 Å². The highest BCUT2D eigenvalue weighted by molar-refractivity contribution is 5.27. The van der Waals surface area contributed by atoms with Gasteiger partial charge in [-0.25, -0.2) is 0 Å². The van der Waals surface area contributed by atoms with E-state index in [9.17, 15) is 0 Å². The number of hydrogen-bond donors (Lipinski definition) is 1. The molecule has 1 aromatic rings. The summed E-state index contributed by atoms with van der Waals surface area (Å²) in [6, 6.07) is 8.83. The number of nitrogens with zero attached hydrogens (tertiary/aromatic N) is 1. The zero-order valence-electron chi connectivity index (χ0n) is 12.2. The third kappa shape index (κ3) is 4.30. The monoisotopic (exact) mass is 262 g/mol. The molecule has 1 fully saturated rings. The summed E-state index contributed by atoms with van der Waals surface area (Å²) in [6.07, 6.45) is 3.90. The summed E-state index contributed by atoms with van der Waals surface area (Å²) in [5, 5.41) is 3.23. The van der Waals surface area contributed by atoms with Crippen molar-refractivity contribution in [3.05, 3.63) is 35.4 Å². The Labute approximate surface area is 116 Å². The summed E-state index contributed by atoms with van der Waals surface area (Å²) < 4.78 is 5.43. The molecule has 0 spiro atoms. The minimum absolute atomic E-state index is 0.468. The molecule has 0 bridgehead atoms. The van der Waals surface area contributed by atoms with E-state index >= 15 is 0 Å². The van der Waals surface area contributed by atoms with Crippen LogP contribution in [-0.2, 0) is 17.7 Å². The van der Waals surface area contributed by atoms with Crippen LogP contribution >= 0.6 is 0 Å². The van der Waals surface area contributed by atoms with Gasteiger partial charge in [-0.1, -0.05) is 24.3 Å². The molecular formula is C16H26N2O. The van der Waals surface area contributed by atoms with Gasteiger partial charge in [0.2, 0.25) is 0 Å². The minimum Gasteiger partial charge on any atom is -0.381 e. The van der Waals surface area contributed by atoms with Crippen molar-refractivity contribution in [2.45, 2.75) is 31.9 Å². The SMILES string of the molecule is CNCCc1ccccc1CN1CCC(OC)CC1. The van der Waals surface area contributed by atoms with Crippen LogP contribution in [0.25, 0.3) is 0 Å². The molecule has 19 heavy (non-hydrogen) atoms. The highest BCUT2D eigenvalue weighted by Gasteiger charge is 2.19. The molecule has 0 saturated carbocycles. The van der Waals surface area contributed by atoms with E-state index in [0.29, 0.717) is 6.10 Å². The third-order valence-corrected chi connectivity index (χ3v) is 4.02. The van der Waals surface area contributed by atoms with Gasteiger partial charge in [0.25, 0.3) is 0 Å². The largest absolute Gasteiger partial charge is 0.381 e. The standard InChI is InChI=1S/C16H26N2O/c1-17-10-7-14-5-3-4-6-15(14)13-18-11-8-16(19-2)9-12-18/h3-6,16-17H,7-13H2,1-2H3. The Morgan fingerprint density at radius 3 is 2.53 bits per heavy atom. The Morgan fingerprint density at radius 1 is 1.21 bits per heavy atom. The molecule has 2 rings (SSSR count). The summed E-state index contributed by atoms with van der Waals surface area (Å²) in [5.41, 5.74) is 2.96. The lowest BCUT2D eigenvalue weighted by molar-refractivity contribution is 0.0388. The molecule has 0 aliphatic carbocycles. The van der Waals surface area contributed by atoms with Gasteiger partial charge in [0.15, 0.2) is 0 Å². The zero-order chi connectivity index (χ0) is 13.5. The van der Waals surface area contributed by atoms with Crippen LogP contribution in [0.5, 0.6) is 0 Å². The van der Waals surface area contributed by atoms with Gasteiger partial charge in [-0.05, 0) is 44.0 Å². The molecule has 1 N–H and O–H groups in total. The number of piperidine rings is 1. The van der Waals surface area contributed by atoms with Crippen LogP contribution in [0.1, 0.15) is 24.0 Å². The predicted molar refractivity (Wildman–Crippen MR) is 79.4 cm³/mol. The van der Waals surface area contributed by atoms with Crippen molar-refractivity contribution < 1.29 is 4.74 Å². The molecule has 3 nitrogen and oxygen atoms in total. The van der Waals surface area contributed by atoms with Crippen molar-refractivity contribution in [2.75, 3.05) is 33.8 Å². The lowest BCUT2D eigenvalue weighted by Gasteiger charge is -2.31. The Bertz CT molecular complexity index is 373. The molecule has 1 aliphatic heterocycles. The van der Waals surface area contributed by atoms with Crippen molar-refractivity contribution >= 4 is 0 Å². The van der Waals surface area contributed by atoms with E-state index < -0.39 is 0 Å². The maximum atomic E-state index is 5.43. The van der Waals surface area contributed by atoms with E-state index in [1.165, 1.54) is 11.1 Å². The smallest absolute Gasteiger partial charge is 0.0595 e. The molecule has 0 amide bonds. The number of nitrogens with one attached hydrogen (secondary N) is 1. The van der Waals surface area contributed by atoms with Crippen LogP contribution in [0, 0.1) is 0 Å². The first-order chi connectivity index (χ1) is 9.33. The number of hydrogen-bond acceptors (Lipinski definition) is 3. The van der Waals surface area contributed by atoms with Crippen molar-refractivity contribution in [3.8, 4) is 0 Å². The molecule has 1 heterocycles. The average Bonchev–Trinajstić information content (AvgIpc) is 2.47. The fraction of sp³-hybridized carbons (Fsp3) is 0.625. The van der Waals surface area contributed by atoms with Crippen molar-refractivity contribution in [1.29, 1.82) is 0 Å². The van der Waals surface area contributed by atoms with E-state index in [1.54, 1.807) is 0 Å². The molecule has 106 valence electrons. The van der Waals surface area contributed by atoms with Gasteiger partial charge in [0.1, 0.15) is 0 Å². The number of methoxy groups -OCH3 is 1. The number of likely N-dealkylation sites (N-methyl/N-ethyl adjacent to an activating group) is 1. The van der Waals surface area contributed by atoms with Crippen molar-refractivity contribution in [2.24, 2.45) is 0 Å². The molecular weight excluding hydrogens is 236 g/mol. The normalized spacial score (nSPS) is 17.8. The Balaban J connectivity index is 1.91. The molecule has 1 saturated heterocycles. The van der Waals surface area contributed by atoms with E-state index in [2.05, 4.69) is 34.5 Å². The van der Waals surface area contributed by atoms with Gasteiger partial charge in [-0.2, -0.15) is 0 Å². The Kier molecular flexibility index (Phi) is 5.83. The highest BCUT2D eigenvalue weighted by atomic mass is 16.5. The number of benzene rings is 1. The average molecular weight is 262 g/mol. The van der Waals surface area contributed by atoms with Gasteiger partial charge in [0.05, 0.1) is 6.10 Å². The van der Waals surface area contributed by atoms with Crippen LogP contribution in [0.3, 0.4) is 0 Å². The van der Waals surface area contributed by atoms with Crippen molar-refractivity contribution in [1.82, 2.24) is 10.2 Å². The number of likely N-dealkylation sites (tertiary alicyclic amines) is 1. The molecule has 0 aromatic heterocycles. The fourth-order valence-corrected chi connectivity index (χ4v) is 2.76. The molecule has 1 aliphatic rings. The van der Waals surface area contributed by atoms with Crippen LogP contribution in [0.2, 0.25) is 0 Å². The first-order valence-corrected chi connectivity index (χ1v) is 7.30. The van der Waals surface area contributed by atoms with E-state index in [1.807, 2.05) is 14.2 Å². The molecule has 1 aromatic carbocycles. The molecule has 0 unspecified atom stereocenters. The fourth-order valence-electron chi connectivity index (χ4n) is 2.76. The highest BCUT2D eigenvalue weighted by Crippen LogP contribution is 2.18. The Hall–Kier alpha value is -0.900. The summed E-state index contributed by atoms with van der Waals surface area (Å²) in [4.78, 5) is 2.55. The molecule has 3 heteroatoms. The second kappa shape index (κ2) is 7.63. The topological polar surface area (TPSA) is 24.5 Å². The van der Waals surface area contributed by atoms with E-state index in [4.69, 9.17) is 4.74 Å². The van der Waals surface area contributed by atoms with E-state index in [0.717, 1.165) is 45.4 Å². The minimum atomic E-state index is 0.468. The van der Waals surface area contributed by atoms with Gasteiger partial charge >= 0.3 is 0 Å². The first-order valence-electron chi connectivity index (χ1n) is 7.30. The quantitative estimate of drug-likeness (QED) is 0.849. The van der Waals surface area contributed by atoms with Gasteiger partial charge < -0.3 is 10.1 Å². The molecule has 0 atom stereocenters. The second-order valence-corrected chi connectivity index (χ2v) is 5.33. The number of rotatable bonds is 6. The summed E-state index contributed by atoms with van der Waals surface area (Å²) in [6.45, 7) is 4.43. The van der Waals surface area contributed by atoms with Crippen LogP contribution < -0.4 is 5.32 Å². The maximum Gasteiger partial charge on any atom is 0.0595 e. The third-order valence-electron chi connectivity index (χ3n) is 4.02. The van der Waals surface area contributed by atoms with Gasteiger partial charge in [-0.15, -0.1) is 0 Å².